The van der Waals surface area contributed by atoms with Crippen LogP contribution in [0.1, 0.15) is 29.7 Å². The normalized spacial score (nSPS) is 12.3. The summed E-state index contributed by atoms with van der Waals surface area (Å²) in [6.07, 6.45) is 0. The molecule has 3 nitrogen and oxygen atoms in total. The third-order valence-corrected chi connectivity index (χ3v) is 4.28. The van der Waals surface area contributed by atoms with E-state index in [2.05, 4.69) is 25.8 Å². The molecule has 2 rings (SSSR count). The lowest BCUT2D eigenvalue weighted by Gasteiger charge is -2.26. The first-order valence-electron chi connectivity index (χ1n) is 7.63. The molecule has 0 N–H and O–H groups in total. The second-order valence-electron chi connectivity index (χ2n) is 5.78. The molecule has 0 aromatic heterocycles. The van der Waals surface area contributed by atoms with Crippen LogP contribution in [-0.4, -0.2) is 26.2 Å². The summed E-state index contributed by atoms with van der Waals surface area (Å²) < 4.78 is 23.8. The molecule has 2 aromatic carbocycles. The van der Waals surface area contributed by atoms with Gasteiger partial charge in [-0.05, 0) is 61.9 Å². The van der Waals surface area contributed by atoms with Crippen molar-refractivity contribution in [3.63, 3.8) is 0 Å². The van der Waals surface area contributed by atoms with Crippen molar-refractivity contribution < 1.29 is 13.9 Å². The Kier molecular flexibility index (Phi) is 5.61. The molecule has 0 heterocycles. The lowest BCUT2D eigenvalue weighted by molar-refractivity contribution is 0.252. The summed E-state index contributed by atoms with van der Waals surface area (Å²) in [4.78, 5) is 2.22. The first-order valence-corrected chi connectivity index (χ1v) is 7.63. The number of nitrogens with zero attached hydrogens (tertiary/aromatic N) is 1. The van der Waals surface area contributed by atoms with Crippen LogP contribution in [0.3, 0.4) is 0 Å². The maximum atomic E-state index is 13.1. The van der Waals surface area contributed by atoms with Crippen molar-refractivity contribution in [3.05, 3.63) is 58.9 Å². The fourth-order valence-electron chi connectivity index (χ4n) is 2.59. The van der Waals surface area contributed by atoms with Crippen molar-refractivity contribution in [1.29, 1.82) is 0 Å². The van der Waals surface area contributed by atoms with E-state index in [-0.39, 0.29) is 11.9 Å². The maximum Gasteiger partial charge on any atom is 0.161 e. The van der Waals surface area contributed by atoms with Gasteiger partial charge < -0.3 is 9.47 Å². The number of rotatable bonds is 6. The van der Waals surface area contributed by atoms with Crippen LogP contribution >= 0.6 is 0 Å². The third kappa shape index (κ3) is 4.02. The van der Waals surface area contributed by atoms with Gasteiger partial charge in [0.2, 0.25) is 0 Å². The van der Waals surface area contributed by atoms with Gasteiger partial charge in [-0.25, -0.2) is 4.39 Å². The third-order valence-electron chi connectivity index (χ3n) is 4.28. The first-order chi connectivity index (χ1) is 11.0. The highest BCUT2D eigenvalue weighted by atomic mass is 19.1. The molecular formula is C19H24FNO2. The van der Waals surface area contributed by atoms with Crippen LogP contribution in [0, 0.1) is 12.7 Å². The Morgan fingerprint density at radius 2 is 1.61 bits per heavy atom. The minimum absolute atomic E-state index is 0.183. The number of hydrogen-bond acceptors (Lipinski definition) is 3. The van der Waals surface area contributed by atoms with Crippen molar-refractivity contribution >= 4 is 0 Å². The van der Waals surface area contributed by atoms with Crippen LogP contribution in [-0.2, 0) is 6.54 Å². The molecule has 0 bridgehead atoms. The van der Waals surface area contributed by atoms with Crippen LogP contribution < -0.4 is 9.47 Å². The predicted octanol–water partition coefficient (Wildman–Crippen LogP) is 4.34. The van der Waals surface area contributed by atoms with E-state index in [1.54, 1.807) is 14.2 Å². The molecule has 0 saturated carbocycles. The minimum atomic E-state index is -0.209. The Hall–Kier alpha value is -2.07. The Balaban J connectivity index is 2.19. The molecule has 4 heteroatoms. The van der Waals surface area contributed by atoms with E-state index in [0.717, 1.165) is 29.2 Å². The van der Waals surface area contributed by atoms with Crippen LogP contribution in [0.15, 0.2) is 36.4 Å². The Labute approximate surface area is 137 Å². The van der Waals surface area contributed by atoms with Gasteiger partial charge >= 0.3 is 0 Å². The van der Waals surface area contributed by atoms with Gasteiger partial charge in [0, 0.05) is 12.6 Å². The lowest BCUT2D eigenvalue weighted by atomic mass is 10.0. The molecule has 0 amide bonds. The number of halogens is 1. The zero-order valence-corrected chi connectivity index (χ0v) is 14.4. The van der Waals surface area contributed by atoms with Gasteiger partial charge in [-0.1, -0.05) is 12.1 Å². The summed E-state index contributed by atoms with van der Waals surface area (Å²) in [5.41, 5.74) is 3.42. The van der Waals surface area contributed by atoms with E-state index in [1.165, 1.54) is 17.7 Å². The zero-order chi connectivity index (χ0) is 17.0. The van der Waals surface area contributed by atoms with E-state index in [0.29, 0.717) is 0 Å². The van der Waals surface area contributed by atoms with Gasteiger partial charge in [0.25, 0.3) is 0 Å². The van der Waals surface area contributed by atoms with E-state index in [4.69, 9.17) is 9.47 Å². The number of hydrogen-bond donors (Lipinski definition) is 0. The highest BCUT2D eigenvalue weighted by Crippen LogP contribution is 2.31. The quantitative estimate of drug-likeness (QED) is 0.791. The summed E-state index contributed by atoms with van der Waals surface area (Å²) in [5.74, 6) is 1.26. The molecule has 0 aliphatic carbocycles. The molecule has 0 aliphatic rings. The molecule has 23 heavy (non-hydrogen) atoms. The molecule has 0 aliphatic heterocycles. The molecule has 1 unspecified atom stereocenters. The number of ether oxygens (including phenoxy) is 2. The minimum Gasteiger partial charge on any atom is -0.493 e. The maximum absolute atomic E-state index is 13.1. The van der Waals surface area contributed by atoms with Gasteiger partial charge in [0.05, 0.1) is 14.2 Å². The Bertz CT molecular complexity index is 655. The van der Waals surface area contributed by atoms with E-state index >= 15 is 0 Å². The van der Waals surface area contributed by atoms with Crippen LogP contribution in [0.4, 0.5) is 4.39 Å². The van der Waals surface area contributed by atoms with E-state index < -0.39 is 0 Å². The standard InChI is InChI=1S/C19H24FNO2/c1-13-10-18(22-4)19(23-5)11-16(13)12-21(3)14(2)15-6-8-17(20)9-7-15/h6-11,14H,12H2,1-5H3. The molecule has 124 valence electrons. The van der Waals surface area contributed by atoms with Gasteiger partial charge in [0.15, 0.2) is 11.5 Å². The summed E-state index contributed by atoms with van der Waals surface area (Å²) in [5, 5.41) is 0. The smallest absolute Gasteiger partial charge is 0.161 e. The fourth-order valence-corrected chi connectivity index (χ4v) is 2.59. The van der Waals surface area contributed by atoms with Gasteiger partial charge in [0.1, 0.15) is 5.82 Å². The molecule has 0 radical (unpaired) electrons. The largest absolute Gasteiger partial charge is 0.493 e. The average molecular weight is 317 g/mol. The van der Waals surface area contributed by atoms with Crippen LogP contribution in [0.25, 0.3) is 0 Å². The summed E-state index contributed by atoms with van der Waals surface area (Å²) in [6.45, 7) is 4.95. The monoisotopic (exact) mass is 317 g/mol. The molecule has 1 atom stereocenters. The second-order valence-corrected chi connectivity index (χ2v) is 5.78. The van der Waals surface area contributed by atoms with Crippen LogP contribution in [0.5, 0.6) is 11.5 Å². The van der Waals surface area contributed by atoms with Gasteiger partial charge in [-0.15, -0.1) is 0 Å². The first kappa shape index (κ1) is 17.3. The highest BCUT2D eigenvalue weighted by molar-refractivity contribution is 5.47. The predicted molar refractivity (Wildman–Crippen MR) is 90.6 cm³/mol. The van der Waals surface area contributed by atoms with E-state index in [1.807, 2.05) is 24.3 Å². The molecule has 0 spiro atoms. The van der Waals surface area contributed by atoms with Crippen molar-refractivity contribution in [3.8, 4) is 11.5 Å². The van der Waals surface area contributed by atoms with Gasteiger partial charge in [-0.2, -0.15) is 0 Å². The molecule has 0 fully saturated rings. The van der Waals surface area contributed by atoms with Gasteiger partial charge in [-0.3, -0.25) is 4.90 Å². The number of methoxy groups -OCH3 is 2. The van der Waals surface area contributed by atoms with Crippen molar-refractivity contribution in [1.82, 2.24) is 4.90 Å². The van der Waals surface area contributed by atoms with Crippen molar-refractivity contribution in [2.45, 2.75) is 26.4 Å². The number of aryl methyl sites for hydroxylation is 1. The van der Waals surface area contributed by atoms with E-state index in [9.17, 15) is 4.39 Å². The Morgan fingerprint density at radius 3 is 2.17 bits per heavy atom. The van der Waals surface area contributed by atoms with Crippen molar-refractivity contribution in [2.75, 3.05) is 21.3 Å². The SMILES string of the molecule is COc1cc(C)c(CN(C)C(C)c2ccc(F)cc2)cc1OC. The second kappa shape index (κ2) is 7.47. The lowest BCUT2D eigenvalue weighted by Crippen LogP contribution is -2.22. The summed E-state index contributed by atoms with van der Waals surface area (Å²) in [7, 11) is 5.34. The van der Waals surface area contributed by atoms with Crippen molar-refractivity contribution in [2.24, 2.45) is 0 Å². The highest BCUT2D eigenvalue weighted by Gasteiger charge is 2.15. The fraction of sp³-hybridized carbons (Fsp3) is 0.368. The topological polar surface area (TPSA) is 21.7 Å². The molecular weight excluding hydrogens is 293 g/mol. The zero-order valence-electron chi connectivity index (χ0n) is 14.4. The Morgan fingerprint density at radius 1 is 1.04 bits per heavy atom. The molecule has 2 aromatic rings. The average Bonchev–Trinajstić information content (AvgIpc) is 2.56. The summed E-state index contributed by atoms with van der Waals surface area (Å²) >= 11 is 0. The van der Waals surface area contributed by atoms with Crippen LogP contribution in [0.2, 0.25) is 0 Å². The molecule has 0 saturated heterocycles. The summed E-state index contributed by atoms with van der Waals surface area (Å²) in [6, 6.07) is 10.9. The number of benzene rings is 2.